The second kappa shape index (κ2) is 6.18. The highest BCUT2D eigenvalue weighted by atomic mass is 15.1. The van der Waals surface area contributed by atoms with E-state index in [0.29, 0.717) is 0 Å². The summed E-state index contributed by atoms with van der Waals surface area (Å²) in [5, 5.41) is 6.51. The molecule has 0 unspecified atom stereocenters. The van der Waals surface area contributed by atoms with Crippen LogP contribution in [0.5, 0.6) is 0 Å². The summed E-state index contributed by atoms with van der Waals surface area (Å²) in [6.07, 6.45) is 3.60. The predicted octanol–water partition coefficient (Wildman–Crippen LogP) is 3.52. The van der Waals surface area contributed by atoms with Crippen molar-refractivity contribution in [2.24, 2.45) is 0 Å². The van der Waals surface area contributed by atoms with E-state index in [2.05, 4.69) is 46.6 Å². The smallest absolute Gasteiger partial charge is 0.139 e. The molecule has 1 aromatic carbocycles. The van der Waals surface area contributed by atoms with Gasteiger partial charge in [-0.15, -0.1) is 0 Å². The minimum atomic E-state index is 0.881. The summed E-state index contributed by atoms with van der Waals surface area (Å²) >= 11 is 0. The third kappa shape index (κ3) is 3.22. The molecule has 1 aromatic heterocycles. The molecule has 100 valence electrons. The van der Waals surface area contributed by atoms with Crippen LogP contribution in [0.2, 0.25) is 0 Å². The van der Waals surface area contributed by atoms with E-state index in [9.17, 15) is 0 Å². The van der Waals surface area contributed by atoms with Crippen LogP contribution in [-0.2, 0) is 6.42 Å². The number of nitrogens with one attached hydrogen (secondary N) is 2. The molecule has 0 spiro atoms. The van der Waals surface area contributed by atoms with Gasteiger partial charge in [0.2, 0.25) is 0 Å². The second-order valence-corrected chi connectivity index (χ2v) is 4.54. The summed E-state index contributed by atoms with van der Waals surface area (Å²) in [4.78, 5) is 8.64. The van der Waals surface area contributed by atoms with Gasteiger partial charge in [0.1, 0.15) is 18.0 Å². The Kier molecular flexibility index (Phi) is 4.34. The summed E-state index contributed by atoms with van der Waals surface area (Å²) in [6, 6.07) is 8.27. The molecule has 4 nitrogen and oxygen atoms in total. The van der Waals surface area contributed by atoms with Crippen molar-refractivity contribution in [2.75, 3.05) is 17.7 Å². The fraction of sp³-hybridized carbons (Fsp3) is 0.333. The van der Waals surface area contributed by atoms with Crippen LogP contribution in [-0.4, -0.2) is 17.0 Å². The van der Waals surface area contributed by atoms with E-state index in [0.717, 1.165) is 35.7 Å². The Bertz CT molecular complexity index is 552. The van der Waals surface area contributed by atoms with Gasteiger partial charge in [-0.05, 0) is 31.0 Å². The van der Waals surface area contributed by atoms with Crippen LogP contribution in [0.4, 0.5) is 17.3 Å². The summed E-state index contributed by atoms with van der Waals surface area (Å²) in [6.45, 7) is 4.24. The first kappa shape index (κ1) is 13.3. The van der Waals surface area contributed by atoms with Crippen LogP contribution in [0.1, 0.15) is 24.5 Å². The van der Waals surface area contributed by atoms with Gasteiger partial charge in [0.15, 0.2) is 0 Å². The van der Waals surface area contributed by atoms with Crippen molar-refractivity contribution in [2.45, 2.75) is 26.7 Å². The number of aromatic nitrogens is 2. The lowest BCUT2D eigenvalue weighted by Gasteiger charge is -2.13. The molecule has 2 rings (SSSR count). The first-order chi connectivity index (χ1) is 9.24. The van der Waals surface area contributed by atoms with E-state index in [1.54, 1.807) is 6.33 Å². The van der Waals surface area contributed by atoms with Crippen LogP contribution >= 0.6 is 0 Å². The summed E-state index contributed by atoms with van der Waals surface area (Å²) in [5.41, 5.74) is 3.41. The second-order valence-electron chi connectivity index (χ2n) is 4.54. The zero-order valence-electron chi connectivity index (χ0n) is 11.7. The highest BCUT2D eigenvalue weighted by molar-refractivity contribution is 5.65. The largest absolute Gasteiger partial charge is 0.373 e. The van der Waals surface area contributed by atoms with Gasteiger partial charge in [-0.3, -0.25) is 0 Å². The van der Waals surface area contributed by atoms with Gasteiger partial charge in [-0.2, -0.15) is 0 Å². The molecule has 0 fully saturated rings. The fourth-order valence-corrected chi connectivity index (χ4v) is 2.08. The standard InChI is InChI=1S/C15H20N4/c1-4-6-13-14(16-3)17-10-18-15(13)19-12-8-5-7-11(2)9-12/h5,7-10H,4,6H2,1-3H3,(H2,16,17,18,19). The number of hydrogen-bond donors (Lipinski definition) is 2. The van der Waals surface area contributed by atoms with Crippen molar-refractivity contribution in [3.05, 3.63) is 41.7 Å². The first-order valence-electron chi connectivity index (χ1n) is 6.60. The molecule has 0 aliphatic carbocycles. The monoisotopic (exact) mass is 256 g/mol. The SMILES string of the molecule is CCCc1c(NC)ncnc1Nc1cccc(C)c1. The van der Waals surface area contributed by atoms with Crippen molar-refractivity contribution in [1.82, 2.24) is 9.97 Å². The molecule has 2 N–H and O–H groups in total. The Hall–Kier alpha value is -2.10. The number of aryl methyl sites for hydroxylation is 1. The topological polar surface area (TPSA) is 49.8 Å². The lowest BCUT2D eigenvalue weighted by molar-refractivity contribution is 0.905. The van der Waals surface area contributed by atoms with E-state index in [1.807, 2.05) is 19.2 Å². The lowest BCUT2D eigenvalue weighted by Crippen LogP contribution is -2.05. The summed E-state index contributed by atoms with van der Waals surface area (Å²) in [5.74, 6) is 1.78. The van der Waals surface area contributed by atoms with Crippen LogP contribution in [0, 0.1) is 6.92 Å². The molecule has 0 saturated carbocycles. The molecular formula is C15H20N4. The molecule has 0 amide bonds. The molecule has 0 atom stereocenters. The van der Waals surface area contributed by atoms with Crippen molar-refractivity contribution < 1.29 is 0 Å². The summed E-state index contributed by atoms with van der Waals surface area (Å²) < 4.78 is 0. The Balaban J connectivity index is 2.33. The molecule has 4 heteroatoms. The maximum absolute atomic E-state index is 4.37. The molecular weight excluding hydrogens is 236 g/mol. The number of nitrogens with zero attached hydrogens (tertiary/aromatic N) is 2. The van der Waals surface area contributed by atoms with Gasteiger partial charge in [0, 0.05) is 18.3 Å². The van der Waals surface area contributed by atoms with E-state index in [4.69, 9.17) is 0 Å². The third-order valence-electron chi connectivity index (χ3n) is 2.96. The van der Waals surface area contributed by atoms with Gasteiger partial charge in [0.25, 0.3) is 0 Å². The van der Waals surface area contributed by atoms with Crippen LogP contribution in [0.15, 0.2) is 30.6 Å². The molecule has 0 saturated heterocycles. The van der Waals surface area contributed by atoms with Crippen molar-refractivity contribution in [3.8, 4) is 0 Å². The van der Waals surface area contributed by atoms with Crippen molar-refractivity contribution >= 4 is 17.3 Å². The first-order valence-corrected chi connectivity index (χ1v) is 6.60. The average molecular weight is 256 g/mol. The predicted molar refractivity (Wildman–Crippen MR) is 80.0 cm³/mol. The van der Waals surface area contributed by atoms with Crippen molar-refractivity contribution in [3.63, 3.8) is 0 Å². The number of hydrogen-bond acceptors (Lipinski definition) is 4. The summed E-state index contributed by atoms with van der Waals surface area (Å²) in [7, 11) is 1.89. The Labute approximate surface area is 114 Å². The molecule has 0 aliphatic rings. The molecule has 0 radical (unpaired) electrons. The minimum absolute atomic E-state index is 0.881. The van der Waals surface area contributed by atoms with Crippen LogP contribution in [0.3, 0.4) is 0 Å². The van der Waals surface area contributed by atoms with Crippen LogP contribution < -0.4 is 10.6 Å². The number of rotatable bonds is 5. The highest BCUT2D eigenvalue weighted by Crippen LogP contribution is 2.24. The van der Waals surface area contributed by atoms with Crippen molar-refractivity contribution in [1.29, 1.82) is 0 Å². The van der Waals surface area contributed by atoms with Gasteiger partial charge >= 0.3 is 0 Å². The number of anilines is 3. The van der Waals surface area contributed by atoms with E-state index in [-0.39, 0.29) is 0 Å². The molecule has 0 aliphatic heterocycles. The highest BCUT2D eigenvalue weighted by Gasteiger charge is 2.09. The Morgan fingerprint density at radius 3 is 2.63 bits per heavy atom. The van der Waals surface area contributed by atoms with Gasteiger partial charge in [-0.25, -0.2) is 9.97 Å². The van der Waals surface area contributed by atoms with Gasteiger partial charge < -0.3 is 10.6 Å². The average Bonchev–Trinajstić information content (AvgIpc) is 2.41. The Morgan fingerprint density at radius 2 is 1.95 bits per heavy atom. The fourth-order valence-electron chi connectivity index (χ4n) is 2.08. The number of benzene rings is 1. The maximum atomic E-state index is 4.37. The van der Waals surface area contributed by atoms with Crippen LogP contribution in [0.25, 0.3) is 0 Å². The minimum Gasteiger partial charge on any atom is -0.373 e. The zero-order chi connectivity index (χ0) is 13.7. The molecule has 2 aromatic rings. The Morgan fingerprint density at radius 1 is 1.16 bits per heavy atom. The quantitative estimate of drug-likeness (QED) is 0.859. The molecule has 0 bridgehead atoms. The normalized spacial score (nSPS) is 10.3. The lowest BCUT2D eigenvalue weighted by atomic mass is 10.1. The van der Waals surface area contributed by atoms with Gasteiger partial charge in [0.05, 0.1) is 0 Å². The van der Waals surface area contributed by atoms with E-state index >= 15 is 0 Å². The van der Waals surface area contributed by atoms with E-state index < -0.39 is 0 Å². The third-order valence-corrected chi connectivity index (χ3v) is 2.96. The zero-order valence-corrected chi connectivity index (χ0v) is 11.7. The van der Waals surface area contributed by atoms with E-state index in [1.165, 1.54) is 5.56 Å². The molecule has 1 heterocycles. The molecule has 19 heavy (non-hydrogen) atoms. The van der Waals surface area contributed by atoms with Gasteiger partial charge in [-0.1, -0.05) is 25.5 Å². The maximum Gasteiger partial charge on any atom is 0.139 e.